The van der Waals surface area contributed by atoms with E-state index < -0.39 is 0 Å². The van der Waals surface area contributed by atoms with E-state index in [1.807, 2.05) is 11.3 Å². The van der Waals surface area contributed by atoms with Gasteiger partial charge in [-0.25, -0.2) is 4.98 Å². The minimum absolute atomic E-state index is 0.134. The zero-order valence-electron chi connectivity index (χ0n) is 10.2. The van der Waals surface area contributed by atoms with Crippen LogP contribution >= 0.6 is 11.3 Å². The summed E-state index contributed by atoms with van der Waals surface area (Å²) in [5.74, 6) is 0. The molecule has 1 atom stereocenters. The lowest BCUT2D eigenvalue weighted by Crippen LogP contribution is -2.30. The Balaban J connectivity index is 2.10. The van der Waals surface area contributed by atoms with E-state index in [2.05, 4.69) is 23.7 Å². The van der Waals surface area contributed by atoms with Gasteiger partial charge in [0.25, 0.3) is 0 Å². The van der Waals surface area contributed by atoms with Crippen molar-refractivity contribution in [2.45, 2.75) is 45.7 Å². The number of nitrogens with zero attached hydrogens (tertiary/aromatic N) is 2. The van der Waals surface area contributed by atoms with Gasteiger partial charge in [0.2, 0.25) is 0 Å². The Morgan fingerprint density at radius 1 is 1.50 bits per heavy atom. The first kappa shape index (κ1) is 12.0. The Morgan fingerprint density at radius 3 is 3.00 bits per heavy atom. The van der Waals surface area contributed by atoms with E-state index in [4.69, 9.17) is 5.73 Å². The average Bonchev–Trinajstić information content (AvgIpc) is 2.71. The lowest BCUT2D eigenvalue weighted by atomic mass is 10.1. The first-order valence-electron chi connectivity index (χ1n) is 6.21. The van der Waals surface area contributed by atoms with Crippen LogP contribution in [0.3, 0.4) is 0 Å². The summed E-state index contributed by atoms with van der Waals surface area (Å²) in [4.78, 5) is 8.64. The quantitative estimate of drug-likeness (QED) is 0.877. The van der Waals surface area contributed by atoms with Gasteiger partial charge in [0.1, 0.15) is 5.01 Å². The Bertz CT molecular complexity index is 348. The molecular weight excluding hydrogens is 218 g/mol. The molecule has 0 aliphatic carbocycles. The summed E-state index contributed by atoms with van der Waals surface area (Å²) in [6, 6.07) is 0.134. The summed E-state index contributed by atoms with van der Waals surface area (Å²) in [6.07, 6.45) is 3.31. The third-order valence-corrected chi connectivity index (χ3v) is 4.34. The van der Waals surface area contributed by atoms with Crippen LogP contribution in [0, 0.1) is 0 Å². The number of fused-ring (bicyclic) bond motifs is 1. The van der Waals surface area contributed by atoms with Crippen molar-refractivity contribution in [1.82, 2.24) is 9.88 Å². The summed E-state index contributed by atoms with van der Waals surface area (Å²) in [7, 11) is 0. The Kier molecular flexibility index (Phi) is 3.95. The second-order valence-electron chi connectivity index (χ2n) is 4.46. The predicted molar refractivity (Wildman–Crippen MR) is 68.6 cm³/mol. The first-order chi connectivity index (χ1) is 7.74. The number of thiazole rings is 1. The molecule has 1 aromatic heterocycles. The van der Waals surface area contributed by atoms with E-state index in [1.165, 1.54) is 23.5 Å². The zero-order chi connectivity index (χ0) is 11.5. The van der Waals surface area contributed by atoms with E-state index in [1.54, 1.807) is 0 Å². The van der Waals surface area contributed by atoms with Crippen LogP contribution in [0.1, 0.15) is 48.3 Å². The van der Waals surface area contributed by atoms with Crippen molar-refractivity contribution >= 4 is 11.3 Å². The predicted octanol–water partition coefficient (Wildman–Crippen LogP) is 2.32. The number of nitrogens with two attached hydrogens (primary N) is 1. The van der Waals surface area contributed by atoms with Crippen LogP contribution in [0.15, 0.2) is 0 Å². The molecule has 0 spiro atoms. The van der Waals surface area contributed by atoms with Crippen molar-refractivity contribution in [3.05, 3.63) is 15.6 Å². The van der Waals surface area contributed by atoms with Gasteiger partial charge in [0.05, 0.1) is 11.7 Å². The van der Waals surface area contributed by atoms with Crippen molar-refractivity contribution in [3.63, 3.8) is 0 Å². The SMILES string of the molecule is CCCN1CCc2nc(C(N)CC)sc2C1. The van der Waals surface area contributed by atoms with E-state index in [0.29, 0.717) is 0 Å². The van der Waals surface area contributed by atoms with Gasteiger partial charge in [-0.3, -0.25) is 4.90 Å². The molecule has 2 heterocycles. The average molecular weight is 239 g/mol. The third kappa shape index (κ3) is 2.44. The van der Waals surface area contributed by atoms with Gasteiger partial charge in [-0.05, 0) is 19.4 Å². The van der Waals surface area contributed by atoms with Crippen LogP contribution in [0.25, 0.3) is 0 Å². The molecule has 0 fully saturated rings. The van der Waals surface area contributed by atoms with Gasteiger partial charge in [-0.1, -0.05) is 13.8 Å². The van der Waals surface area contributed by atoms with Crippen LogP contribution in [0.2, 0.25) is 0 Å². The number of hydrogen-bond acceptors (Lipinski definition) is 4. The summed E-state index contributed by atoms with van der Waals surface area (Å²) in [5.41, 5.74) is 7.34. The molecule has 0 amide bonds. The lowest BCUT2D eigenvalue weighted by molar-refractivity contribution is 0.256. The summed E-state index contributed by atoms with van der Waals surface area (Å²) < 4.78 is 0. The monoisotopic (exact) mass is 239 g/mol. The zero-order valence-corrected chi connectivity index (χ0v) is 11.0. The molecule has 2 N–H and O–H groups in total. The van der Waals surface area contributed by atoms with Crippen molar-refractivity contribution < 1.29 is 0 Å². The second kappa shape index (κ2) is 5.25. The Hall–Kier alpha value is -0.450. The number of aromatic nitrogens is 1. The fraction of sp³-hybridized carbons (Fsp3) is 0.750. The molecule has 0 bridgehead atoms. The van der Waals surface area contributed by atoms with E-state index in [0.717, 1.165) is 30.9 Å². The van der Waals surface area contributed by atoms with Crippen LogP contribution in [-0.4, -0.2) is 23.0 Å². The van der Waals surface area contributed by atoms with Gasteiger partial charge in [0, 0.05) is 24.4 Å². The molecule has 1 unspecified atom stereocenters. The summed E-state index contributed by atoms with van der Waals surface area (Å²) >= 11 is 1.82. The minimum Gasteiger partial charge on any atom is -0.322 e. The lowest BCUT2D eigenvalue weighted by Gasteiger charge is -2.25. The molecule has 1 aliphatic rings. The number of rotatable bonds is 4. The molecule has 0 saturated carbocycles. The fourth-order valence-corrected chi connectivity index (χ4v) is 3.35. The maximum Gasteiger partial charge on any atom is 0.110 e. The highest BCUT2D eigenvalue weighted by atomic mass is 32.1. The van der Waals surface area contributed by atoms with E-state index in [9.17, 15) is 0 Å². The largest absolute Gasteiger partial charge is 0.322 e. The van der Waals surface area contributed by atoms with Gasteiger partial charge >= 0.3 is 0 Å². The van der Waals surface area contributed by atoms with Gasteiger partial charge in [-0.15, -0.1) is 11.3 Å². The topological polar surface area (TPSA) is 42.2 Å². The van der Waals surface area contributed by atoms with Crippen LogP contribution in [0.4, 0.5) is 0 Å². The minimum atomic E-state index is 0.134. The summed E-state index contributed by atoms with van der Waals surface area (Å²) in [6.45, 7) is 7.80. The van der Waals surface area contributed by atoms with Crippen molar-refractivity contribution in [3.8, 4) is 0 Å². The molecule has 16 heavy (non-hydrogen) atoms. The number of hydrogen-bond donors (Lipinski definition) is 1. The van der Waals surface area contributed by atoms with Crippen molar-refractivity contribution in [1.29, 1.82) is 0 Å². The molecule has 0 saturated heterocycles. The van der Waals surface area contributed by atoms with Crippen molar-refractivity contribution in [2.24, 2.45) is 5.73 Å². The van der Waals surface area contributed by atoms with Crippen molar-refractivity contribution in [2.75, 3.05) is 13.1 Å². The van der Waals surface area contributed by atoms with Gasteiger partial charge in [-0.2, -0.15) is 0 Å². The Morgan fingerprint density at radius 2 is 2.31 bits per heavy atom. The van der Waals surface area contributed by atoms with Crippen LogP contribution in [-0.2, 0) is 13.0 Å². The smallest absolute Gasteiger partial charge is 0.110 e. The molecule has 0 radical (unpaired) electrons. The second-order valence-corrected chi connectivity index (χ2v) is 5.58. The van der Waals surface area contributed by atoms with Crippen LogP contribution in [0.5, 0.6) is 0 Å². The molecule has 4 heteroatoms. The maximum absolute atomic E-state index is 6.03. The standard InChI is InChI=1S/C12H21N3S/c1-3-6-15-7-5-10-11(8-15)16-12(14-10)9(13)4-2/h9H,3-8,13H2,1-2H3. The Labute approximate surface area is 102 Å². The van der Waals surface area contributed by atoms with E-state index in [-0.39, 0.29) is 6.04 Å². The molecule has 1 aromatic rings. The normalized spacial score (nSPS) is 18.4. The summed E-state index contributed by atoms with van der Waals surface area (Å²) in [5, 5.41) is 1.13. The molecule has 0 aromatic carbocycles. The van der Waals surface area contributed by atoms with Gasteiger partial charge in [0.15, 0.2) is 0 Å². The first-order valence-corrected chi connectivity index (χ1v) is 7.02. The van der Waals surface area contributed by atoms with Gasteiger partial charge < -0.3 is 5.73 Å². The molecule has 1 aliphatic heterocycles. The highest BCUT2D eigenvalue weighted by Gasteiger charge is 2.21. The fourth-order valence-electron chi connectivity index (χ4n) is 2.11. The van der Waals surface area contributed by atoms with Crippen LogP contribution < -0.4 is 5.73 Å². The maximum atomic E-state index is 6.03. The highest BCUT2D eigenvalue weighted by Crippen LogP contribution is 2.28. The molecule has 3 nitrogen and oxygen atoms in total. The highest BCUT2D eigenvalue weighted by molar-refractivity contribution is 7.11. The molecule has 90 valence electrons. The third-order valence-electron chi connectivity index (χ3n) is 3.12. The molecular formula is C12H21N3S. The van der Waals surface area contributed by atoms with E-state index >= 15 is 0 Å². The molecule has 2 rings (SSSR count).